The molecule has 0 amide bonds. The largest absolute Gasteiger partial charge is 0.574 e. The summed E-state index contributed by atoms with van der Waals surface area (Å²) in [6.45, 7) is 1.59. The van der Waals surface area contributed by atoms with E-state index in [1.54, 1.807) is 6.92 Å². The number of ether oxygens (including phenoxy) is 2. The van der Waals surface area contributed by atoms with Gasteiger partial charge in [-0.3, -0.25) is 4.79 Å². The van der Waals surface area contributed by atoms with Crippen LogP contribution in [0.15, 0.2) is 6.20 Å². The molecule has 0 aliphatic carbocycles. The summed E-state index contributed by atoms with van der Waals surface area (Å²) in [6.07, 6.45) is -3.92. The molecule has 0 saturated carbocycles. The second-order valence-corrected chi connectivity index (χ2v) is 4.48. The van der Waals surface area contributed by atoms with Gasteiger partial charge in [-0.05, 0) is 35.1 Å². The van der Waals surface area contributed by atoms with E-state index in [9.17, 15) is 18.0 Å². The lowest BCUT2D eigenvalue weighted by molar-refractivity contribution is -0.276. The summed E-state index contributed by atoms with van der Waals surface area (Å²) in [7, 11) is 1.16. The Morgan fingerprint density at radius 1 is 1.50 bits per heavy atom. The molecule has 18 heavy (non-hydrogen) atoms. The second-order valence-electron chi connectivity index (χ2n) is 3.32. The van der Waals surface area contributed by atoms with E-state index in [4.69, 9.17) is 0 Å². The Balaban J connectivity index is 3.17. The van der Waals surface area contributed by atoms with E-state index >= 15 is 0 Å². The Morgan fingerprint density at radius 3 is 2.61 bits per heavy atom. The van der Waals surface area contributed by atoms with E-state index in [1.807, 2.05) is 22.6 Å². The summed E-state index contributed by atoms with van der Waals surface area (Å²) in [5.41, 5.74) is 0.585. The molecule has 0 atom stereocenters. The van der Waals surface area contributed by atoms with Crippen molar-refractivity contribution in [2.75, 3.05) is 7.11 Å². The Kier molecular flexibility index (Phi) is 4.77. The van der Waals surface area contributed by atoms with Crippen LogP contribution in [0.25, 0.3) is 0 Å². The lowest BCUT2D eigenvalue weighted by Gasteiger charge is -2.14. The number of carbonyl (C=O) groups is 1. The molecule has 1 heterocycles. The normalized spacial score (nSPS) is 11.2. The van der Waals surface area contributed by atoms with Gasteiger partial charge in [-0.15, -0.1) is 13.2 Å². The summed E-state index contributed by atoms with van der Waals surface area (Å²) < 4.78 is 45.4. The minimum Gasteiger partial charge on any atom is -0.469 e. The van der Waals surface area contributed by atoms with Crippen LogP contribution in [0.1, 0.15) is 11.1 Å². The first-order valence-electron chi connectivity index (χ1n) is 4.71. The lowest BCUT2D eigenvalue weighted by Crippen LogP contribution is -2.20. The monoisotopic (exact) mass is 375 g/mol. The molecule has 0 aromatic carbocycles. The minimum atomic E-state index is -4.85. The van der Waals surface area contributed by atoms with Gasteiger partial charge in [0.2, 0.25) is 5.88 Å². The average Bonchev–Trinajstić information content (AvgIpc) is 2.26. The number of carbonyl (C=O) groups excluding carboxylic acids is 1. The topological polar surface area (TPSA) is 48.4 Å². The lowest BCUT2D eigenvalue weighted by atomic mass is 10.1. The van der Waals surface area contributed by atoms with Gasteiger partial charge in [0.1, 0.15) is 0 Å². The molecule has 4 nitrogen and oxygen atoms in total. The number of rotatable bonds is 3. The van der Waals surface area contributed by atoms with Gasteiger partial charge in [0.25, 0.3) is 0 Å². The Hall–Kier alpha value is -1.06. The van der Waals surface area contributed by atoms with Crippen LogP contribution in [0.4, 0.5) is 13.2 Å². The summed E-state index contributed by atoms with van der Waals surface area (Å²) in [4.78, 5) is 14.7. The maximum atomic E-state index is 12.2. The van der Waals surface area contributed by atoms with Crippen LogP contribution in [0.5, 0.6) is 5.88 Å². The number of nitrogens with zero attached hydrogens (tertiary/aromatic N) is 1. The molecule has 100 valence electrons. The van der Waals surface area contributed by atoms with E-state index in [0.717, 1.165) is 7.11 Å². The molecular formula is C10H9F3INO3. The fourth-order valence-corrected chi connectivity index (χ4v) is 1.68. The van der Waals surface area contributed by atoms with Crippen molar-refractivity contribution in [2.24, 2.45) is 0 Å². The zero-order valence-electron chi connectivity index (χ0n) is 9.47. The van der Waals surface area contributed by atoms with Crippen LogP contribution in [0.3, 0.4) is 0 Å². The van der Waals surface area contributed by atoms with Crippen molar-refractivity contribution >= 4 is 28.6 Å². The predicted octanol–water partition coefficient (Wildman–Crippen LogP) is 2.61. The Bertz CT molecular complexity index is 462. The molecule has 8 heteroatoms. The number of aromatic nitrogens is 1. The minimum absolute atomic E-state index is 0.0751. The number of pyridine rings is 1. The summed E-state index contributed by atoms with van der Waals surface area (Å²) in [5, 5.41) is 0. The summed E-state index contributed by atoms with van der Waals surface area (Å²) >= 11 is 1.91. The molecule has 1 rings (SSSR count). The highest BCUT2D eigenvalue weighted by molar-refractivity contribution is 14.1. The molecular weight excluding hydrogens is 366 g/mol. The highest BCUT2D eigenvalue weighted by Gasteiger charge is 2.33. The molecule has 0 saturated heterocycles. The zero-order chi connectivity index (χ0) is 13.9. The maximum absolute atomic E-state index is 12.2. The molecule has 0 unspecified atom stereocenters. The van der Waals surface area contributed by atoms with Crippen molar-refractivity contribution in [1.82, 2.24) is 4.98 Å². The summed E-state index contributed by atoms with van der Waals surface area (Å²) in [6, 6.07) is 0. The van der Waals surface area contributed by atoms with E-state index in [-0.39, 0.29) is 12.0 Å². The zero-order valence-corrected chi connectivity index (χ0v) is 11.6. The van der Waals surface area contributed by atoms with Crippen molar-refractivity contribution in [2.45, 2.75) is 19.7 Å². The van der Waals surface area contributed by atoms with Gasteiger partial charge in [0.05, 0.1) is 13.5 Å². The fraction of sp³-hybridized carbons (Fsp3) is 0.400. The Labute approximate surface area is 115 Å². The number of hydrogen-bond donors (Lipinski definition) is 0. The number of esters is 1. The second kappa shape index (κ2) is 5.72. The van der Waals surface area contributed by atoms with Crippen LogP contribution < -0.4 is 4.74 Å². The maximum Gasteiger partial charge on any atom is 0.574 e. The average molecular weight is 375 g/mol. The smallest absolute Gasteiger partial charge is 0.469 e. The quantitative estimate of drug-likeness (QED) is 0.602. The van der Waals surface area contributed by atoms with E-state index < -0.39 is 18.2 Å². The fourth-order valence-electron chi connectivity index (χ4n) is 1.22. The van der Waals surface area contributed by atoms with Crippen molar-refractivity contribution < 1.29 is 27.4 Å². The third kappa shape index (κ3) is 4.00. The van der Waals surface area contributed by atoms with Crippen LogP contribution in [-0.2, 0) is 16.0 Å². The van der Waals surface area contributed by atoms with E-state index in [0.29, 0.717) is 9.13 Å². The predicted molar refractivity (Wildman–Crippen MR) is 64.1 cm³/mol. The van der Waals surface area contributed by atoms with Crippen LogP contribution >= 0.6 is 22.6 Å². The third-order valence-electron chi connectivity index (χ3n) is 2.13. The van der Waals surface area contributed by atoms with E-state index in [2.05, 4.69) is 14.5 Å². The van der Waals surface area contributed by atoms with Gasteiger partial charge in [-0.25, -0.2) is 4.98 Å². The standard InChI is InChI=1S/C10H9F3INO3/c1-5-6(3-8(16)17-2)9(15-4-7(5)14)18-10(11,12)13/h4H,3H2,1-2H3. The molecule has 1 aromatic heterocycles. The van der Waals surface area contributed by atoms with Gasteiger partial charge in [-0.2, -0.15) is 0 Å². The van der Waals surface area contributed by atoms with Gasteiger partial charge in [0, 0.05) is 15.3 Å². The first kappa shape index (κ1) is 15.0. The van der Waals surface area contributed by atoms with E-state index in [1.165, 1.54) is 6.20 Å². The molecule has 0 aliphatic rings. The number of alkyl halides is 3. The van der Waals surface area contributed by atoms with Crippen molar-refractivity contribution in [3.05, 3.63) is 20.9 Å². The SMILES string of the molecule is COC(=O)Cc1c(OC(F)(F)F)ncc(I)c1C. The van der Waals surface area contributed by atoms with Crippen molar-refractivity contribution in [3.8, 4) is 5.88 Å². The van der Waals surface area contributed by atoms with Gasteiger partial charge in [-0.1, -0.05) is 0 Å². The molecule has 1 aromatic rings. The number of hydrogen-bond acceptors (Lipinski definition) is 4. The van der Waals surface area contributed by atoms with Crippen molar-refractivity contribution in [3.63, 3.8) is 0 Å². The molecule has 0 N–H and O–H groups in total. The van der Waals surface area contributed by atoms with Crippen LogP contribution in [0, 0.1) is 10.5 Å². The molecule has 0 spiro atoms. The molecule has 0 aliphatic heterocycles. The van der Waals surface area contributed by atoms with Gasteiger partial charge >= 0.3 is 12.3 Å². The highest BCUT2D eigenvalue weighted by Crippen LogP contribution is 2.29. The molecule has 0 fully saturated rings. The first-order valence-corrected chi connectivity index (χ1v) is 5.79. The van der Waals surface area contributed by atoms with Crippen LogP contribution in [-0.4, -0.2) is 24.4 Å². The third-order valence-corrected chi connectivity index (χ3v) is 3.21. The summed E-state index contributed by atoms with van der Waals surface area (Å²) in [5.74, 6) is -1.28. The molecule has 0 radical (unpaired) electrons. The van der Waals surface area contributed by atoms with Crippen LogP contribution in [0.2, 0.25) is 0 Å². The van der Waals surface area contributed by atoms with Crippen molar-refractivity contribution in [1.29, 1.82) is 0 Å². The molecule has 0 bridgehead atoms. The van der Waals surface area contributed by atoms with Gasteiger partial charge in [0.15, 0.2) is 0 Å². The Morgan fingerprint density at radius 2 is 2.11 bits per heavy atom. The number of methoxy groups -OCH3 is 1. The number of halogens is 4. The van der Waals surface area contributed by atoms with Gasteiger partial charge < -0.3 is 9.47 Å². The highest BCUT2D eigenvalue weighted by atomic mass is 127. The first-order chi connectivity index (χ1) is 8.24.